The van der Waals surface area contributed by atoms with E-state index in [1.165, 1.54) is 4.57 Å². The van der Waals surface area contributed by atoms with Gasteiger partial charge in [0, 0.05) is 7.05 Å². The van der Waals surface area contributed by atoms with Crippen LogP contribution < -0.4 is 16.0 Å². The van der Waals surface area contributed by atoms with Gasteiger partial charge in [0.05, 0.1) is 17.9 Å². The number of nitrogens with two attached hydrogens (primary N) is 1. The van der Waals surface area contributed by atoms with Gasteiger partial charge >= 0.3 is 0 Å². The SMILES string of the molecule is CCOc1ccc(-c2ccc(C(=N)N)c(=O)n2C)cc1. The zero-order chi connectivity index (χ0) is 14.7. The van der Waals surface area contributed by atoms with E-state index in [2.05, 4.69) is 0 Å². The third-order valence-corrected chi connectivity index (χ3v) is 3.06. The molecule has 0 bridgehead atoms. The summed E-state index contributed by atoms with van der Waals surface area (Å²) in [7, 11) is 1.67. The van der Waals surface area contributed by atoms with E-state index in [0.29, 0.717) is 6.61 Å². The maximum absolute atomic E-state index is 12.1. The highest BCUT2D eigenvalue weighted by atomic mass is 16.5. The molecule has 0 amide bonds. The Morgan fingerprint density at radius 3 is 2.45 bits per heavy atom. The van der Waals surface area contributed by atoms with Crippen molar-refractivity contribution in [1.82, 2.24) is 4.57 Å². The number of nitrogens with one attached hydrogen (secondary N) is 1. The summed E-state index contributed by atoms with van der Waals surface area (Å²) in [4.78, 5) is 12.1. The summed E-state index contributed by atoms with van der Waals surface area (Å²) in [6.07, 6.45) is 0. The lowest BCUT2D eigenvalue weighted by molar-refractivity contribution is 0.340. The van der Waals surface area contributed by atoms with E-state index in [4.69, 9.17) is 15.9 Å². The monoisotopic (exact) mass is 271 g/mol. The zero-order valence-corrected chi connectivity index (χ0v) is 11.5. The minimum Gasteiger partial charge on any atom is -0.494 e. The van der Waals surface area contributed by atoms with Crippen LogP contribution in [0.3, 0.4) is 0 Å². The average molecular weight is 271 g/mol. The molecule has 20 heavy (non-hydrogen) atoms. The number of benzene rings is 1. The molecule has 0 aliphatic heterocycles. The van der Waals surface area contributed by atoms with Crippen LogP contribution in [0.1, 0.15) is 12.5 Å². The van der Waals surface area contributed by atoms with E-state index in [1.807, 2.05) is 31.2 Å². The van der Waals surface area contributed by atoms with Crippen LogP contribution in [0.5, 0.6) is 5.75 Å². The van der Waals surface area contributed by atoms with Crippen LogP contribution in [0.4, 0.5) is 0 Å². The summed E-state index contributed by atoms with van der Waals surface area (Å²) in [5.41, 5.74) is 6.99. The highest BCUT2D eigenvalue weighted by Gasteiger charge is 2.09. The number of amidine groups is 1. The molecule has 0 saturated carbocycles. The molecule has 1 heterocycles. The molecule has 0 aliphatic rings. The van der Waals surface area contributed by atoms with Crippen molar-refractivity contribution in [2.75, 3.05) is 6.61 Å². The molecule has 0 fully saturated rings. The summed E-state index contributed by atoms with van der Waals surface area (Å²) in [6, 6.07) is 10.9. The first kappa shape index (κ1) is 13.9. The van der Waals surface area contributed by atoms with Gasteiger partial charge in [-0.3, -0.25) is 10.2 Å². The van der Waals surface area contributed by atoms with Crippen molar-refractivity contribution in [3.63, 3.8) is 0 Å². The number of hydrogen-bond acceptors (Lipinski definition) is 3. The maximum Gasteiger partial charge on any atom is 0.261 e. The molecule has 0 saturated heterocycles. The first-order valence-corrected chi connectivity index (χ1v) is 6.32. The lowest BCUT2D eigenvalue weighted by Gasteiger charge is -2.11. The highest BCUT2D eigenvalue weighted by Crippen LogP contribution is 2.21. The summed E-state index contributed by atoms with van der Waals surface area (Å²) < 4.78 is 6.88. The quantitative estimate of drug-likeness (QED) is 0.656. The van der Waals surface area contributed by atoms with E-state index in [1.54, 1.807) is 19.2 Å². The molecular formula is C15H17N3O2. The molecular weight excluding hydrogens is 254 g/mol. The second-order valence-electron chi connectivity index (χ2n) is 4.37. The lowest BCUT2D eigenvalue weighted by atomic mass is 10.1. The lowest BCUT2D eigenvalue weighted by Crippen LogP contribution is -2.28. The molecule has 1 aromatic heterocycles. The maximum atomic E-state index is 12.1. The normalized spacial score (nSPS) is 10.3. The molecule has 0 aliphatic carbocycles. The number of hydrogen-bond donors (Lipinski definition) is 2. The van der Waals surface area contributed by atoms with Crippen molar-refractivity contribution in [3.05, 3.63) is 52.3 Å². The first-order valence-electron chi connectivity index (χ1n) is 6.32. The number of ether oxygens (including phenoxy) is 1. The van der Waals surface area contributed by atoms with Crippen LogP contribution in [-0.2, 0) is 7.05 Å². The largest absolute Gasteiger partial charge is 0.494 e. The van der Waals surface area contributed by atoms with Gasteiger partial charge in [-0.15, -0.1) is 0 Å². The van der Waals surface area contributed by atoms with Crippen molar-refractivity contribution < 1.29 is 4.74 Å². The van der Waals surface area contributed by atoms with Gasteiger partial charge in [0.15, 0.2) is 0 Å². The van der Waals surface area contributed by atoms with Crippen LogP contribution in [0.15, 0.2) is 41.2 Å². The predicted molar refractivity (Wildman–Crippen MR) is 79.3 cm³/mol. The Morgan fingerprint density at radius 2 is 1.90 bits per heavy atom. The topological polar surface area (TPSA) is 81.1 Å². The molecule has 5 heteroatoms. The molecule has 2 rings (SSSR count). The van der Waals surface area contributed by atoms with Crippen molar-refractivity contribution in [2.24, 2.45) is 12.8 Å². The number of aromatic nitrogens is 1. The van der Waals surface area contributed by atoms with Gasteiger partial charge in [-0.1, -0.05) is 0 Å². The fourth-order valence-corrected chi connectivity index (χ4v) is 2.02. The van der Waals surface area contributed by atoms with E-state index < -0.39 is 0 Å². The third-order valence-electron chi connectivity index (χ3n) is 3.06. The number of nitrogen functional groups attached to an aromatic ring is 1. The van der Waals surface area contributed by atoms with Crippen LogP contribution in [0, 0.1) is 5.41 Å². The van der Waals surface area contributed by atoms with E-state index in [-0.39, 0.29) is 17.0 Å². The summed E-state index contributed by atoms with van der Waals surface area (Å²) in [5.74, 6) is 0.574. The molecule has 2 aromatic rings. The summed E-state index contributed by atoms with van der Waals surface area (Å²) in [6.45, 7) is 2.54. The molecule has 1 aromatic carbocycles. The number of nitrogens with zero attached hydrogens (tertiary/aromatic N) is 1. The van der Waals surface area contributed by atoms with Gasteiger partial charge in [-0.05, 0) is 48.9 Å². The zero-order valence-electron chi connectivity index (χ0n) is 11.5. The fourth-order valence-electron chi connectivity index (χ4n) is 2.02. The van der Waals surface area contributed by atoms with E-state index in [9.17, 15) is 4.79 Å². The van der Waals surface area contributed by atoms with Gasteiger partial charge in [0.2, 0.25) is 0 Å². The molecule has 104 valence electrons. The summed E-state index contributed by atoms with van der Waals surface area (Å²) >= 11 is 0. The Balaban J connectivity index is 2.45. The molecule has 0 atom stereocenters. The standard InChI is InChI=1S/C15H17N3O2/c1-3-20-11-6-4-10(5-7-11)13-9-8-12(14(16)17)15(19)18(13)2/h4-9H,3H2,1-2H3,(H3,16,17). The Kier molecular flexibility index (Phi) is 3.89. The van der Waals surface area contributed by atoms with Crippen LogP contribution >= 0.6 is 0 Å². The minimum absolute atomic E-state index is 0.210. The molecule has 0 spiro atoms. The smallest absolute Gasteiger partial charge is 0.261 e. The van der Waals surface area contributed by atoms with Crippen molar-refractivity contribution in [3.8, 4) is 17.0 Å². The number of pyridine rings is 1. The number of rotatable bonds is 4. The molecule has 5 nitrogen and oxygen atoms in total. The Hall–Kier alpha value is -2.56. The van der Waals surface area contributed by atoms with Crippen LogP contribution in [0.2, 0.25) is 0 Å². The fraction of sp³-hybridized carbons (Fsp3) is 0.200. The first-order chi connectivity index (χ1) is 9.54. The van der Waals surface area contributed by atoms with Crippen molar-refractivity contribution >= 4 is 5.84 Å². The molecule has 3 N–H and O–H groups in total. The van der Waals surface area contributed by atoms with Crippen LogP contribution in [-0.4, -0.2) is 17.0 Å². The van der Waals surface area contributed by atoms with Crippen molar-refractivity contribution in [1.29, 1.82) is 5.41 Å². The van der Waals surface area contributed by atoms with E-state index in [0.717, 1.165) is 17.0 Å². The Bertz CT molecular complexity index is 687. The highest BCUT2D eigenvalue weighted by molar-refractivity contribution is 5.94. The third kappa shape index (κ3) is 2.56. The van der Waals surface area contributed by atoms with E-state index >= 15 is 0 Å². The Labute approximate surface area is 117 Å². The van der Waals surface area contributed by atoms with Gasteiger partial charge < -0.3 is 15.0 Å². The Morgan fingerprint density at radius 1 is 1.25 bits per heavy atom. The molecule has 0 radical (unpaired) electrons. The average Bonchev–Trinajstić information content (AvgIpc) is 2.43. The van der Waals surface area contributed by atoms with Crippen molar-refractivity contribution in [2.45, 2.75) is 6.92 Å². The minimum atomic E-state index is -0.274. The summed E-state index contributed by atoms with van der Waals surface area (Å²) in [5, 5.41) is 7.37. The van der Waals surface area contributed by atoms with Gasteiger partial charge in [0.25, 0.3) is 5.56 Å². The van der Waals surface area contributed by atoms with Gasteiger partial charge in [-0.25, -0.2) is 0 Å². The van der Waals surface area contributed by atoms with Gasteiger partial charge in [0.1, 0.15) is 11.6 Å². The van der Waals surface area contributed by atoms with Gasteiger partial charge in [-0.2, -0.15) is 0 Å². The second-order valence-corrected chi connectivity index (χ2v) is 4.37. The molecule has 0 unspecified atom stereocenters. The second kappa shape index (κ2) is 5.61. The van der Waals surface area contributed by atoms with Crippen LogP contribution in [0.25, 0.3) is 11.3 Å². The predicted octanol–water partition coefficient (Wildman–Crippen LogP) is 1.74.